The molecule has 2 atom stereocenters. The second-order valence-corrected chi connectivity index (χ2v) is 5.60. The highest BCUT2D eigenvalue weighted by Gasteiger charge is 2.44. The van der Waals surface area contributed by atoms with E-state index in [-0.39, 0.29) is 18.8 Å². The number of esters is 1. The first-order chi connectivity index (χ1) is 11.6. The molecule has 124 valence electrons. The van der Waals surface area contributed by atoms with Crippen LogP contribution in [0.4, 0.5) is 4.79 Å². The predicted molar refractivity (Wildman–Crippen MR) is 84.9 cm³/mol. The van der Waals surface area contributed by atoms with Crippen molar-refractivity contribution in [2.45, 2.75) is 25.1 Å². The summed E-state index contributed by atoms with van der Waals surface area (Å²) < 4.78 is 10.1. The number of methoxy groups -OCH3 is 1. The van der Waals surface area contributed by atoms with Crippen LogP contribution in [0.25, 0.3) is 0 Å². The van der Waals surface area contributed by atoms with Crippen LogP contribution in [-0.2, 0) is 25.7 Å². The molecule has 2 aliphatic rings. The van der Waals surface area contributed by atoms with E-state index in [1.54, 1.807) is 12.2 Å². The topological polar surface area (TPSA) is 72.9 Å². The number of allylic oxidation sites excluding steroid dienone is 1. The summed E-state index contributed by atoms with van der Waals surface area (Å²) in [5, 5.41) is 0. The van der Waals surface area contributed by atoms with Crippen molar-refractivity contribution in [2.24, 2.45) is 0 Å². The van der Waals surface area contributed by atoms with E-state index in [1.807, 2.05) is 30.3 Å². The first-order valence-electron chi connectivity index (χ1n) is 7.59. The number of hydrogen-bond acceptors (Lipinski definition) is 5. The molecule has 1 heterocycles. The first kappa shape index (κ1) is 16.0. The van der Waals surface area contributed by atoms with Gasteiger partial charge in [-0.05, 0) is 23.3 Å². The third-order valence-corrected chi connectivity index (χ3v) is 4.09. The van der Waals surface area contributed by atoms with Crippen LogP contribution in [0.1, 0.15) is 12.0 Å². The van der Waals surface area contributed by atoms with Gasteiger partial charge in [-0.15, -0.1) is 0 Å². The van der Waals surface area contributed by atoms with Crippen molar-refractivity contribution in [3.63, 3.8) is 0 Å². The van der Waals surface area contributed by atoms with Crippen molar-refractivity contribution in [3.8, 4) is 0 Å². The molecule has 0 N–H and O–H groups in total. The fourth-order valence-electron chi connectivity index (χ4n) is 2.90. The average molecular weight is 327 g/mol. The first-order valence-corrected chi connectivity index (χ1v) is 7.59. The molecule has 0 fully saturated rings. The van der Waals surface area contributed by atoms with E-state index in [4.69, 9.17) is 9.47 Å². The monoisotopic (exact) mass is 327 g/mol. The molecule has 3 rings (SSSR count). The molecule has 1 aromatic rings. The summed E-state index contributed by atoms with van der Waals surface area (Å²) in [6.07, 6.45) is 4.22. The Labute approximate surface area is 139 Å². The zero-order chi connectivity index (χ0) is 17.1. The summed E-state index contributed by atoms with van der Waals surface area (Å²) >= 11 is 0. The van der Waals surface area contributed by atoms with Crippen molar-refractivity contribution in [1.82, 2.24) is 4.90 Å². The van der Waals surface area contributed by atoms with E-state index in [0.29, 0.717) is 0 Å². The number of rotatable bonds is 3. The minimum atomic E-state index is -0.881. The number of ketones is 1. The van der Waals surface area contributed by atoms with Crippen LogP contribution in [0.3, 0.4) is 0 Å². The van der Waals surface area contributed by atoms with E-state index < -0.39 is 24.1 Å². The normalized spacial score (nSPS) is 22.0. The molecule has 0 radical (unpaired) electrons. The fraction of sp³-hybridized carbons (Fsp3) is 0.278. The minimum Gasteiger partial charge on any atom is -0.467 e. The summed E-state index contributed by atoms with van der Waals surface area (Å²) in [6, 6.07) is 7.87. The number of ether oxygens (including phenoxy) is 2. The van der Waals surface area contributed by atoms with E-state index in [1.165, 1.54) is 18.1 Å². The zero-order valence-corrected chi connectivity index (χ0v) is 13.2. The van der Waals surface area contributed by atoms with Gasteiger partial charge in [-0.2, -0.15) is 0 Å². The largest absolute Gasteiger partial charge is 0.467 e. The number of benzene rings is 1. The molecule has 0 bridgehead atoms. The molecule has 0 saturated carbocycles. The maximum absolute atomic E-state index is 12.5. The van der Waals surface area contributed by atoms with Gasteiger partial charge in [0.05, 0.1) is 13.2 Å². The third kappa shape index (κ3) is 3.08. The minimum absolute atomic E-state index is 0.0932. The molecule has 1 amide bonds. The Morgan fingerprint density at radius 3 is 2.67 bits per heavy atom. The van der Waals surface area contributed by atoms with Crippen molar-refractivity contribution < 1.29 is 23.9 Å². The third-order valence-electron chi connectivity index (χ3n) is 4.09. The van der Waals surface area contributed by atoms with Gasteiger partial charge < -0.3 is 9.47 Å². The Bertz CT molecular complexity index is 722. The van der Waals surface area contributed by atoms with Crippen molar-refractivity contribution in [2.75, 3.05) is 7.11 Å². The van der Waals surface area contributed by atoms with Gasteiger partial charge in [-0.25, -0.2) is 9.59 Å². The van der Waals surface area contributed by atoms with Gasteiger partial charge in [0.15, 0.2) is 11.8 Å². The lowest BCUT2D eigenvalue weighted by Gasteiger charge is -2.30. The highest BCUT2D eigenvalue weighted by Crippen LogP contribution is 2.31. The molecule has 0 saturated heterocycles. The Morgan fingerprint density at radius 2 is 1.96 bits per heavy atom. The fourth-order valence-corrected chi connectivity index (χ4v) is 2.90. The SMILES string of the molecule is COC(=O)[C@@H]1C=C2C=CC(=O)C[C@H]2N1C(=O)OCc1ccccc1. The summed E-state index contributed by atoms with van der Waals surface area (Å²) in [4.78, 5) is 37.5. The number of nitrogens with zero attached hydrogens (tertiary/aromatic N) is 1. The van der Waals surface area contributed by atoms with Crippen LogP contribution >= 0.6 is 0 Å². The summed E-state index contributed by atoms with van der Waals surface area (Å²) in [5.74, 6) is -0.655. The lowest BCUT2D eigenvalue weighted by molar-refractivity contribution is -0.144. The van der Waals surface area contributed by atoms with Gasteiger partial charge in [0.1, 0.15) is 6.61 Å². The van der Waals surface area contributed by atoms with Gasteiger partial charge >= 0.3 is 12.1 Å². The van der Waals surface area contributed by atoms with Crippen LogP contribution in [0.15, 0.2) is 54.1 Å². The highest BCUT2D eigenvalue weighted by molar-refractivity contribution is 5.95. The number of fused-ring (bicyclic) bond motifs is 1. The Kier molecular flexibility index (Phi) is 4.46. The molecule has 6 heteroatoms. The van der Waals surface area contributed by atoms with Gasteiger partial charge in [0, 0.05) is 6.42 Å². The zero-order valence-electron chi connectivity index (χ0n) is 13.2. The van der Waals surface area contributed by atoms with Crippen molar-refractivity contribution in [1.29, 1.82) is 0 Å². The molecule has 0 aromatic heterocycles. The van der Waals surface area contributed by atoms with Gasteiger partial charge in [0.2, 0.25) is 0 Å². The summed E-state index contributed by atoms with van der Waals surface area (Å²) in [7, 11) is 1.26. The molecular weight excluding hydrogens is 310 g/mol. The molecular formula is C18H17NO5. The van der Waals surface area contributed by atoms with Crippen LogP contribution in [-0.4, -0.2) is 41.9 Å². The quantitative estimate of drug-likeness (QED) is 0.794. The number of carbonyl (C=O) groups is 3. The predicted octanol–water partition coefficient (Wildman–Crippen LogP) is 2.00. The lowest BCUT2D eigenvalue weighted by atomic mass is 9.97. The smallest absolute Gasteiger partial charge is 0.411 e. The van der Waals surface area contributed by atoms with E-state index in [0.717, 1.165) is 11.1 Å². The highest BCUT2D eigenvalue weighted by atomic mass is 16.6. The molecule has 0 unspecified atom stereocenters. The summed E-state index contributed by atoms with van der Waals surface area (Å²) in [6.45, 7) is 0.0932. The van der Waals surface area contributed by atoms with Crippen LogP contribution in [0, 0.1) is 0 Å². The molecule has 24 heavy (non-hydrogen) atoms. The molecule has 6 nitrogen and oxygen atoms in total. The molecule has 0 spiro atoms. The standard InChI is InChI=1S/C18H17NO5/c1-23-17(21)16-9-13-7-8-14(20)10-15(13)19(16)18(22)24-11-12-5-3-2-4-6-12/h2-9,15-16H,10-11H2,1H3/t15-,16+/m1/s1. The Balaban J connectivity index is 1.77. The van der Waals surface area contributed by atoms with Crippen LogP contribution < -0.4 is 0 Å². The maximum Gasteiger partial charge on any atom is 0.411 e. The molecule has 1 aromatic carbocycles. The number of amides is 1. The summed E-state index contributed by atoms with van der Waals surface area (Å²) in [5.41, 5.74) is 1.59. The molecule has 1 aliphatic heterocycles. The van der Waals surface area contributed by atoms with E-state index in [9.17, 15) is 14.4 Å². The molecule has 1 aliphatic carbocycles. The van der Waals surface area contributed by atoms with E-state index >= 15 is 0 Å². The van der Waals surface area contributed by atoms with Gasteiger partial charge in [-0.3, -0.25) is 9.69 Å². The van der Waals surface area contributed by atoms with E-state index in [2.05, 4.69) is 0 Å². The Morgan fingerprint density at radius 1 is 1.21 bits per heavy atom. The van der Waals surface area contributed by atoms with Crippen LogP contribution in [0.2, 0.25) is 0 Å². The number of carbonyl (C=O) groups excluding carboxylic acids is 3. The van der Waals surface area contributed by atoms with Crippen LogP contribution in [0.5, 0.6) is 0 Å². The van der Waals surface area contributed by atoms with Crippen molar-refractivity contribution >= 4 is 17.8 Å². The lowest BCUT2D eigenvalue weighted by Crippen LogP contribution is -2.47. The van der Waals surface area contributed by atoms with Gasteiger partial charge in [0.25, 0.3) is 0 Å². The van der Waals surface area contributed by atoms with Gasteiger partial charge in [-0.1, -0.05) is 36.4 Å². The average Bonchev–Trinajstić information content (AvgIpc) is 2.98. The second kappa shape index (κ2) is 6.70. The van der Waals surface area contributed by atoms with Crippen molar-refractivity contribution in [3.05, 3.63) is 59.7 Å². The Hall–Kier alpha value is -2.89. The second-order valence-electron chi connectivity index (χ2n) is 5.60. The maximum atomic E-state index is 12.5. The number of hydrogen-bond donors (Lipinski definition) is 0.